The molecule has 4 heteroatoms. The van der Waals surface area contributed by atoms with Gasteiger partial charge in [0.1, 0.15) is 0 Å². The number of alkyl halides is 3. The summed E-state index contributed by atoms with van der Waals surface area (Å²) in [5.74, 6) is -3.34. The monoisotopic (exact) mass is 214 g/mol. The predicted molar refractivity (Wildman–Crippen MR) is 52.4 cm³/mol. The first-order chi connectivity index (χ1) is 5.85. The molecule has 1 unspecified atom stereocenters. The molecule has 80 valence electrons. The molecule has 0 N–H and O–H groups in total. The molecule has 0 aliphatic rings. The largest absolute Gasteiger partial charge is 0.292 e. The summed E-state index contributed by atoms with van der Waals surface area (Å²) in [4.78, 5) is 0. The van der Waals surface area contributed by atoms with Crippen LogP contribution in [0, 0.1) is 0 Å². The van der Waals surface area contributed by atoms with Crippen molar-refractivity contribution >= 4 is 12.6 Å². The molecule has 0 saturated carbocycles. The van der Waals surface area contributed by atoms with Crippen LogP contribution in [-0.2, 0) is 0 Å². The van der Waals surface area contributed by atoms with Gasteiger partial charge >= 0.3 is 0 Å². The average Bonchev–Trinajstić information content (AvgIpc) is 2.14. The maximum atomic E-state index is 13.7. The average molecular weight is 214 g/mol. The van der Waals surface area contributed by atoms with Crippen LogP contribution in [0.15, 0.2) is 0 Å². The minimum Gasteiger partial charge on any atom is -0.237 e. The number of hydrogen-bond acceptors (Lipinski definition) is 1. The van der Waals surface area contributed by atoms with Crippen molar-refractivity contribution in [1.29, 1.82) is 0 Å². The van der Waals surface area contributed by atoms with Gasteiger partial charge in [0.05, 0.1) is 5.25 Å². The first-order valence-corrected chi connectivity index (χ1v) is 5.12. The molecule has 0 nitrogen and oxygen atoms in total. The molecule has 0 heterocycles. The fourth-order valence-electron chi connectivity index (χ4n) is 1.28. The predicted octanol–water partition coefficient (Wildman–Crippen LogP) is 3.86. The van der Waals surface area contributed by atoms with E-state index in [9.17, 15) is 13.2 Å². The summed E-state index contributed by atoms with van der Waals surface area (Å²) in [6.07, 6.45) is -0.178. The number of thiol groups is 1. The van der Waals surface area contributed by atoms with Crippen LogP contribution in [0.4, 0.5) is 13.2 Å². The standard InChI is InChI=1S/C9H17F3S/c1-4-7(13)9(11,12)8(10,5-2)6-3/h7,13H,4-6H2,1-3H3. The summed E-state index contributed by atoms with van der Waals surface area (Å²) >= 11 is 3.72. The lowest BCUT2D eigenvalue weighted by Gasteiger charge is -2.35. The molecule has 0 aromatic carbocycles. The molecule has 0 amide bonds. The third-order valence-electron chi connectivity index (χ3n) is 2.52. The molecular formula is C9H17F3S. The Morgan fingerprint density at radius 1 is 1.08 bits per heavy atom. The first-order valence-electron chi connectivity index (χ1n) is 4.60. The van der Waals surface area contributed by atoms with Crippen LogP contribution in [0.2, 0.25) is 0 Å². The Morgan fingerprint density at radius 3 is 1.69 bits per heavy atom. The zero-order valence-electron chi connectivity index (χ0n) is 8.28. The molecule has 0 aromatic heterocycles. The topological polar surface area (TPSA) is 0 Å². The van der Waals surface area contributed by atoms with Gasteiger partial charge in [0.15, 0.2) is 5.67 Å². The van der Waals surface area contributed by atoms with Gasteiger partial charge in [-0.2, -0.15) is 12.6 Å². The molecule has 0 saturated heterocycles. The van der Waals surface area contributed by atoms with Gasteiger partial charge in [-0.05, 0) is 19.3 Å². The highest BCUT2D eigenvalue weighted by Gasteiger charge is 2.55. The second-order valence-electron chi connectivity index (χ2n) is 3.22. The fourth-order valence-corrected chi connectivity index (χ4v) is 1.51. The van der Waals surface area contributed by atoms with Crippen molar-refractivity contribution < 1.29 is 13.2 Å². The highest BCUT2D eigenvalue weighted by molar-refractivity contribution is 7.81. The molecule has 0 spiro atoms. The number of rotatable bonds is 5. The van der Waals surface area contributed by atoms with Crippen LogP contribution < -0.4 is 0 Å². The molecule has 0 aromatic rings. The van der Waals surface area contributed by atoms with E-state index < -0.39 is 16.8 Å². The molecule has 0 aliphatic heterocycles. The first kappa shape index (κ1) is 13.1. The van der Waals surface area contributed by atoms with Crippen LogP contribution in [0.1, 0.15) is 40.0 Å². The highest BCUT2D eigenvalue weighted by atomic mass is 32.1. The van der Waals surface area contributed by atoms with E-state index in [0.29, 0.717) is 0 Å². The van der Waals surface area contributed by atoms with Crippen molar-refractivity contribution in [3.63, 3.8) is 0 Å². The van der Waals surface area contributed by atoms with E-state index in [0.717, 1.165) is 0 Å². The molecule has 0 radical (unpaired) electrons. The van der Waals surface area contributed by atoms with Gasteiger partial charge < -0.3 is 0 Å². The van der Waals surface area contributed by atoms with E-state index >= 15 is 0 Å². The van der Waals surface area contributed by atoms with Crippen molar-refractivity contribution in [3.05, 3.63) is 0 Å². The Morgan fingerprint density at radius 2 is 1.46 bits per heavy atom. The van der Waals surface area contributed by atoms with E-state index in [-0.39, 0.29) is 19.3 Å². The summed E-state index contributed by atoms with van der Waals surface area (Å²) in [6.45, 7) is 4.46. The van der Waals surface area contributed by atoms with Crippen LogP contribution in [-0.4, -0.2) is 16.8 Å². The smallest absolute Gasteiger partial charge is 0.237 e. The minimum atomic E-state index is -3.34. The lowest BCUT2D eigenvalue weighted by atomic mass is 9.88. The third-order valence-corrected chi connectivity index (χ3v) is 3.21. The lowest BCUT2D eigenvalue weighted by molar-refractivity contribution is -0.141. The van der Waals surface area contributed by atoms with Crippen molar-refractivity contribution in [3.8, 4) is 0 Å². The van der Waals surface area contributed by atoms with Crippen molar-refractivity contribution in [2.45, 2.75) is 56.9 Å². The molecule has 0 fully saturated rings. The molecule has 13 heavy (non-hydrogen) atoms. The highest BCUT2D eigenvalue weighted by Crippen LogP contribution is 2.43. The Kier molecular flexibility index (Phi) is 4.63. The van der Waals surface area contributed by atoms with Gasteiger partial charge in [-0.25, -0.2) is 13.2 Å². The number of hydrogen-bond donors (Lipinski definition) is 1. The van der Waals surface area contributed by atoms with Crippen molar-refractivity contribution in [2.24, 2.45) is 0 Å². The normalized spacial score (nSPS) is 15.9. The number of halogens is 3. The zero-order valence-corrected chi connectivity index (χ0v) is 9.17. The van der Waals surface area contributed by atoms with Gasteiger partial charge in [0.25, 0.3) is 5.92 Å². The second-order valence-corrected chi connectivity index (χ2v) is 3.84. The summed E-state index contributed by atoms with van der Waals surface area (Å²) < 4.78 is 40.5. The second kappa shape index (κ2) is 4.58. The van der Waals surface area contributed by atoms with Gasteiger partial charge in [-0.1, -0.05) is 20.8 Å². The van der Waals surface area contributed by atoms with E-state index in [4.69, 9.17) is 0 Å². The maximum absolute atomic E-state index is 13.7. The Labute approximate surface area is 83.3 Å². The summed E-state index contributed by atoms with van der Waals surface area (Å²) in [5, 5.41) is -1.20. The summed E-state index contributed by atoms with van der Waals surface area (Å²) in [7, 11) is 0. The SMILES string of the molecule is CCC(S)C(F)(F)C(F)(CC)CC. The van der Waals surface area contributed by atoms with E-state index in [1.165, 1.54) is 13.8 Å². The molecular weight excluding hydrogens is 197 g/mol. The molecule has 1 atom stereocenters. The van der Waals surface area contributed by atoms with Crippen LogP contribution in [0.25, 0.3) is 0 Å². The summed E-state index contributed by atoms with van der Waals surface area (Å²) in [5.41, 5.74) is -2.41. The summed E-state index contributed by atoms with van der Waals surface area (Å²) in [6, 6.07) is 0. The van der Waals surface area contributed by atoms with Crippen molar-refractivity contribution in [1.82, 2.24) is 0 Å². The molecule has 0 rings (SSSR count). The van der Waals surface area contributed by atoms with Crippen LogP contribution >= 0.6 is 12.6 Å². The van der Waals surface area contributed by atoms with Crippen LogP contribution in [0.5, 0.6) is 0 Å². The quantitative estimate of drug-likeness (QED) is 0.660. The molecule has 0 aliphatic carbocycles. The van der Waals surface area contributed by atoms with Gasteiger partial charge in [0, 0.05) is 0 Å². The van der Waals surface area contributed by atoms with Crippen molar-refractivity contribution in [2.75, 3.05) is 0 Å². The van der Waals surface area contributed by atoms with Crippen LogP contribution in [0.3, 0.4) is 0 Å². The van der Waals surface area contributed by atoms with E-state index in [1.54, 1.807) is 6.92 Å². The van der Waals surface area contributed by atoms with Gasteiger partial charge in [0.2, 0.25) is 0 Å². The zero-order chi connectivity index (χ0) is 10.7. The maximum Gasteiger partial charge on any atom is 0.292 e. The minimum absolute atomic E-state index is 0.168. The third kappa shape index (κ3) is 2.33. The Bertz CT molecular complexity index is 155. The molecule has 0 bridgehead atoms. The Balaban J connectivity index is 4.76. The van der Waals surface area contributed by atoms with E-state index in [2.05, 4.69) is 12.6 Å². The Hall–Kier alpha value is 0.140. The van der Waals surface area contributed by atoms with Gasteiger partial charge in [-0.15, -0.1) is 0 Å². The lowest BCUT2D eigenvalue weighted by Crippen LogP contribution is -2.49. The van der Waals surface area contributed by atoms with E-state index in [1.807, 2.05) is 0 Å². The fraction of sp³-hybridized carbons (Fsp3) is 1.00. The van der Waals surface area contributed by atoms with Gasteiger partial charge in [-0.3, -0.25) is 0 Å².